The maximum Gasteiger partial charge on any atom is 0.243 e. The molecule has 4 nitrogen and oxygen atoms in total. The highest BCUT2D eigenvalue weighted by Crippen LogP contribution is 2.31. The summed E-state index contributed by atoms with van der Waals surface area (Å²) in [6.45, 7) is 5.58. The van der Waals surface area contributed by atoms with Crippen LogP contribution in [0.25, 0.3) is 11.0 Å². The zero-order chi connectivity index (χ0) is 19.7. The Morgan fingerprint density at radius 3 is 2.52 bits per heavy atom. The molecule has 1 heterocycles. The van der Waals surface area contributed by atoms with Crippen LogP contribution in [0, 0.1) is 5.82 Å². The Morgan fingerprint density at radius 2 is 1.85 bits per heavy atom. The first-order valence-corrected chi connectivity index (χ1v) is 9.43. The molecule has 0 aliphatic rings. The lowest BCUT2D eigenvalue weighted by atomic mass is 10.1. The zero-order valence-corrected chi connectivity index (χ0v) is 16.8. The van der Waals surface area contributed by atoms with Crippen molar-refractivity contribution in [2.45, 2.75) is 39.3 Å². The Balaban J connectivity index is 2.14. The molecule has 0 saturated heterocycles. The normalized spacial score (nSPS) is 12.6. The average molecular weight is 408 g/mol. The van der Waals surface area contributed by atoms with Gasteiger partial charge in [0.25, 0.3) is 0 Å². The summed E-state index contributed by atoms with van der Waals surface area (Å²) in [5, 5.41) is 3.66. The highest BCUT2D eigenvalue weighted by molar-refractivity contribution is 6.42. The maximum atomic E-state index is 14.2. The molecule has 0 saturated carbocycles. The Bertz CT molecular complexity index is 1000. The second-order valence-electron chi connectivity index (χ2n) is 6.76. The van der Waals surface area contributed by atoms with E-state index in [0.29, 0.717) is 32.5 Å². The number of imidazole rings is 1. The van der Waals surface area contributed by atoms with E-state index >= 15 is 0 Å². The molecule has 1 N–H and O–H groups in total. The van der Waals surface area contributed by atoms with Gasteiger partial charge in [0.05, 0.1) is 21.1 Å². The fourth-order valence-corrected chi connectivity index (χ4v) is 3.35. The number of hydrogen-bond acceptors (Lipinski definition) is 2. The van der Waals surface area contributed by atoms with Crippen molar-refractivity contribution in [3.8, 4) is 0 Å². The molecule has 0 fully saturated rings. The smallest absolute Gasteiger partial charge is 0.243 e. The average Bonchev–Trinajstić information content (AvgIpc) is 2.93. The predicted octanol–water partition coefficient (Wildman–Crippen LogP) is 5.16. The number of fused-ring (bicyclic) bond motifs is 1. The molecular formula is C20H20Cl2FN3O. The number of carbonyl (C=O) groups is 1. The second kappa shape index (κ2) is 7.87. The van der Waals surface area contributed by atoms with Crippen LogP contribution < -0.4 is 5.32 Å². The van der Waals surface area contributed by atoms with Gasteiger partial charge in [-0.25, -0.2) is 9.37 Å². The summed E-state index contributed by atoms with van der Waals surface area (Å²) in [5.41, 5.74) is 1.80. The summed E-state index contributed by atoms with van der Waals surface area (Å²) in [6.07, 6.45) is 0.246. The zero-order valence-electron chi connectivity index (χ0n) is 15.3. The molecule has 0 spiro atoms. The number of nitrogens with one attached hydrogen (secondary N) is 1. The first-order valence-electron chi connectivity index (χ1n) is 8.67. The van der Waals surface area contributed by atoms with Crippen LogP contribution in [0.2, 0.25) is 10.0 Å². The summed E-state index contributed by atoms with van der Waals surface area (Å²) < 4.78 is 16.0. The molecule has 0 unspecified atom stereocenters. The van der Waals surface area contributed by atoms with Gasteiger partial charge in [-0.05, 0) is 44.5 Å². The molecule has 1 amide bonds. The minimum absolute atomic E-state index is 0.00258. The second-order valence-corrected chi connectivity index (χ2v) is 7.57. The van der Waals surface area contributed by atoms with E-state index in [1.54, 1.807) is 41.8 Å². The van der Waals surface area contributed by atoms with Crippen molar-refractivity contribution in [2.75, 3.05) is 0 Å². The standard InChI is InChI=1S/C20H20Cl2FN3O/c1-11(2)24-20(27)12(3)26-18-10-15(22)14(21)9-17(18)25-19(26)8-13-6-4-5-7-16(13)23/h4-7,9-12H,8H2,1-3H3,(H,24,27)/t12-/m1/s1. The minimum Gasteiger partial charge on any atom is -0.352 e. The third-order valence-corrected chi connectivity index (χ3v) is 5.03. The van der Waals surface area contributed by atoms with E-state index in [4.69, 9.17) is 23.2 Å². The van der Waals surface area contributed by atoms with Gasteiger partial charge >= 0.3 is 0 Å². The molecule has 2 aromatic carbocycles. The predicted molar refractivity (Wildman–Crippen MR) is 107 cm³/mol. The molecule has 0 aliphatic carbocycles. The fourth-order valence-electron chi connectivity index (χ4n) is 3.03. The lowest BCUT2D eigenvalue weighted by molar-refractivity contribution is -0.124. The first kappa shape index (κ1) is 19.6. The third-order valence-electron chi connectivity index (χ3n) is 4.31. The maximum absolute atomic E-state index is 14.2. The molecule has 142 valence electrons. The van der Waals surface area contributed by atoms with Gasteiger partial charge in [-0.15, -0.1) is 0 Å². The van der Waals surface area contributed by atoms with Crippen LogP contribution in [0.15, 0.2) is 36.4 Å². The Labute approximate surface area is 167 Å². The lowest BCUT2D eigenvalue weighted by Crippen LogP contribution is -2.36. The SMILES string of the molecule is CC(C)NC(=O)[C@@H](C)n1c(Cc2ccccc2F)nc2cc(Cl)c(Cl)cc21. The van der Waals surface area contributed by atoms with Crippen molar-refractivity contribution in [3.63, 3.8) is 0 Å². The van der Waals surface area contributed by atoms with Gasteiger partial charge in [-0.2, -0.15) is 0 Å². The van der Waals surface area contributed by atoms with Crippen molar-refractivity contribution in [3.05, 3.63) is 63.6 Å². The van der Waals surface area contributed by atoms with E-state index in [1.165, 1.54) is 6.07 Å². The molecule has 3 aromatic rings. The van der Waals surface area contributed by atoms with Crippen molar-refractivity contribution in [1.82, 2.24) is 14.9 Å². The summed E-state index contributed by atoms with van der Waals surface area (Å²) in [7, 11) is 0. The third kappa shape index (κ3) is 4.09. The monoisotopic (exact) mass is 407 g/mol. The molecule has 1 atom stereocenters. The van der Waals surface area contributed by atoms with Crippen LogP contribution in [0.5, 0.6) is 0 Å². The van der Waals surface area contributed by atoms with E-state index in [1.807, 2.05) is 13.8 Å². The van der Waals surface area contributed by atoms with Gasteiger partial charge < -0.3 is 9.88 Å². The number of rotatable bonds is 5. The minimum atomic E-state index is -0.545. The first-order chi connectivity index (χ1) is 12.8. The van der Waals surface area contributed by atoms with Crippen molar-refractivity contribution in [1.29, 1.82) is 0 Å². The summed E-state index contributed by atoms with van der Waals surface area (Å²) in [4.78, 5) is 17.2. The van der Waals surface area contributed by atoms with E-state index in [-0.39, 0.29) is 24.2 Å². The van der Waals surface area contributed by atoms with Crippen molar-refractivity contribution in [2.24, 2.45) is 0 Å². The van der Waals surface area contributed by atoms with Crippen LogP contribution in [-0.2, 0) is 11.2 Å². The molecule has 7 heteroatoms. The summed E-state index contributed by atoms with van der Waals surface area (Å²) in [5.74, 6) is 0.108. The van der Waals surface area contributed by atoms with E-state index in [9.17, 15) is 9.18 Å². The Hall–Kier alpha value is -2.11. The fraction of sp³-hybridized carbons (Fsp3) is 0.300. The van der Waals surface area contributed by atoms with E-state index < -0.39 is 6.04 Å². The van der Waals surface area contributed by atoms with E-state index in [0.717, 1.165) is 0 Å². The lowest BCUT2D eigenvalue weighted by Gasteiger charge is -2.19. The number of nitrogens with zero attached hydrogens (tertiary/aromatic N) is 2. The molecule has 0 aliphatic heterocycles. The summed E-state index contributed by atoms with van der Waals surface area (Å²) >= 11 is 12.3. The molecular weight excluding hydrogens is 388 g/mol. The largest absolute Gasteiger partial charge is 0.352 e. The Kier molecular flexibility index (Phi) is 5.72. The van der Waals surface area contributed by atoms with Crippen molar-refractivity contribution >= 4 is 40.1 Å². The van der Waals surface area contributed by atoms with Gasteiger partial charge in [0.15, 0.2) is 0 Å². The molecule has 0 bridgehead atoms. The van der Waals surface area contributed by atoms with Crippen LogP contribution >= 0.6 is 23.2 Å². The van der Waals surface area contributed by atoms with Crippen LogP contribution in [0.3, 0.4) is 0 Å². The molecule has 1 aromatic heterocycles. The van der Waals surface area contributed by atoms with E-state index in [2.05, 4.69) is 10.3 Å². The summed E-state index contributed by atoms with van der Waals surface area (Å²) in [6, 6.07) is 9.33. The van der Waals surface area contributed by atoms with Crippen LogP contribution in [-0.4, -0.2) is 21.5 Å². The highest BCUT2D eigenvalue weighted by atomic mass is 35.5. The van der Waals surface area contributed by atoms with Gasteiger partial charge in [0, 0.05) is 12.5 Å². The van der Waals surface area contributed by atoms with Gasteiger partial charge in [-0.1, -0.05) is 41.4 Å². The number of hydrogen-bond donors (Lipinski definition) is 1. The number of halogens is 3. The molecule has 27 heavy (non-hydrogen) atoms. The molecule has 3 rings (SSSR count). The number of aromatic nitrogens is 2. The molecule has 0 radical (unpaired) electrons. The van der Waals surface area contributed by atoms with Crippen LogP contribution in [0.4, 0.5) is 4.39 Å². The van der Waals surface area contributed by atoms with Gasteiger partial charge in [-0.3, -0.25) is 4.79 Å². The van der Waals surface area contributed by atoms with Crippen LogP contribution in [0.1, 0.15) is 38.2 Å². The topological polar surface area (TPSA) is 46.9 Å². The van der Waals surface area contributed by atoms with Crippen molar-refractivity contribution < 1.29 is 9.18 Å². The van der Waals surface area contributed by atoms with Gasteiger partial charge in [0.2, 0.25) is 5.91 Å². The number of benzene rings is 2. The number of carbonyl (C=O) groups excluding carboxylic acids is 1. The Morgan fingerprint density at radius 1 is 1.19 bits per heavy atom. The van der Waals surface area contributed by atoms with Gasteiger partial charge in [0.1, 0.15) is 17.7 Å². The highest BCUT2D eigenvalue weighted by Gasteiger charge is 2.23. The quantitative estimate of drug-likeness (QED) is 0.634. The number of amides is 1.